The van der Waals surface area contributed by atoms with Crippen molar-refractivity contribution in [3.8, 4) is 6.07 Å². The Morgan fingerprint density at radius 3 is 2.27 bits per heavy atom. The van der Waals surface area contributed by atoms with Gasteiger partial charge in [-0.1, -0.05) is 24.4 Å². The number of nitrogens with zero attached hydrogens (tertiary/aromatic N) is 2. The molecule has 0 atom stereocenters. The lowest BCUT2D eigenvalue weighted by atomic mass is 10.2. The van der Waals surface area contributed by atoms with E-state index in [2.05, 4.69) is 9.62 Å². The summed E-state index contributed by atoms with van der Waals surface area (Å²) in [6.45, 7) is 1.79. The van der Waals surface area contributed by atoms with Crippen LogP contribution in [0.1, 0.15) is 31.2 Å². The number of benzene rings is 2. The molecule has 0 aliphatic carbocycles. The molecule has 7 heteroatoms. The molecule has 1 saturated heterocycles. The van der Waals surface area contributed by atoms with Crippen LogP contribution in [0.5, 0.6) is 0 Å². The van der Waals surface area contributed by atoms with Crippen LogP contribution in [-0.2, 0) is 10.0 Å². The van der Waals surface area contributed by atoms with E-state index < -0.39 is 10.0 Å². The number of sulfonamides is 1. The van der Waals surface area contributed by atoms with E-state index in [1.807, 2.05) is 12.1 Å². The topological polar surface area (TPSA) is 73.2 Å². The third-order valence-electron chi connectivity index (χ3n) is 4.44. The molecule has 0 amide bonds. The van der Waals surface area contributed by atoms with Crippen molar-refractivity contribution < 1.29 is 8.42 Å². The molecule has 1 aliphatic rings. The molecule has 2 aromatic carbocycles. The molecule has 0 radical (unpaired) electrons. The van der Waals surface area contributed by atoms with Crippen LogP contribution in [0.3, 0.4) is 0 Å². The van der Waals surface area contributed by atoms with Gasteiger partial charge in [0, 0.05) is 18.1 Å². The van der Waals surface area contributed by atoms with Crippen LogP contribution in [0, 0.1) is 11.3 Å². The Balaban J connectivity index is 1.92. The summed E-state index contributed by atoms with van der Waals surface area (Å²) in [6, 6.07) is 13.1. The number of nitriles is 1. The summed E-state index contributed by atoms with van der Waals surface area (Å²) in [5.41, 5.74) is 1.73. The molecule has 0 bridgehead atoms. The van der Waals surface area contributed by atoms with Gasteiger partial charge in [-0.25, -0.2) is 8.42 Å². The van der Waals surface area contributed by atoms with E-state index in [4.69, 9.17) is 16.9 Å². The smallest absolute Gasteiger partial charge is 0.261 e. The Kier molecular flexibility index (Phi) is 5.70. The first-order chi connectivity index (χ1) is 12.5. The second-order valence-electron chi connectivity index (χ2n) is 6.30. The molecule has 0 saturated carbocycles. The molecular formula is C19H20ClN3O2S. The fourth-order valence-corrected chi connectivity index (χ4v) is 4.33. The van der Waals surface area contributed by atoms with Gasteiger partial charge in [0.1, 0.15) is 0 Å². The van der Waals surface area contributed by atoms with E-state index >= 15 is 0 Å². The zero-order valence-corrected chi connectivity index (χ0v) is 15.9. The van der Waals surface area contributed by atoms with Crippen molar-refractivity contribution in [1.82, 2.24) is 0 Å². The van der Waals surface area contributed by atoms with Crippen molar-refractivity contribution >= 4 is 33.0 Å². The molecule has 5 nitrogen and oxygen atoms in total. The van der Waals surface area contributed by atoms with Crippen LogP contribution >= 0.6 is 11.6 Å². The average molecular weight is 390 g/mol. The summed E-state index contributed by atoms with van der Waals surface area (Å²) in [7, 11) is -3.77. The van der Waals surface area contributed by atoms with Gasteiger partial charge >= 0.3 is 0 Å². The monoisotopic (exact) mass is 389 g/mol. The fourth-order valence-electron chi connectivity index (χ4n) is 3.09. The number of halogens is 1. The summed E-state index contributed by atoms with van der Waals surface area (Å²) in [5, 5.41) is 9.34. The lowest BCUT2D eigenvalue weighted by molar-refractivity contribution is 0.601. The van der Waals surface area contributed by atoms with Gasteiger partial charge in [-0.2, -0.15) is 5.26 Å². The minimum atomic E-state index is -3.77. The third-order valence-corrected chi connectivity index (χ3v) is 6.06. The summed E-state index contributed by atoms with van der Waals surface area (Å²) in [5.74, 6) is 0. The highest BCUT2D eigenvalue weighted by atomic mass is 35.5. The molecule has 1 fully saturated rings. The Bertz CT molecular complexity index is 913. The van der Waals surface area contributed by atoms with Crippen LogP contribution in [0.2, 0.25) is 5.02 Å². The van der Waals surface area contributed by atoms with E-state index in [0.29, 0.717) is 16.3 Å². The molecule has 26 heavy (non-hydrogen) atoms. The van der Waals surface area contributed by atoms with Gasteiger partial charge in [-0.05, 0) is 55.3 Å². The summed E-state index contributed by atoms with van der Waals surface area (Å²) < 4.78 is 28.2. The highest BCUT2D eigenvalue weighted by Crippen LogP contribution is 2.32. The van der Waals surface area contributed by atoms with Crippen LogP contribution in [0.15, 0.2) is 47.4 Å². The lowest BCUT2D eigenvalue weighted by Gasteiger charge is -2.26. The van der Waals surface area contributed by atoms with Crippen molar-refractivity contribution in [2.75, 3.05) is 22.7 Å². The highest BCUT2D eigenvalue weighted by molar-refractivity contribution is 7.92. The van der Waals surface area contributed by atoms with E-state index in [-0.39, 0.29) is 4.90 Å². The maximum absolute atomic E-state index is 12.8. The van der Waals surface area contributed by atoms with Gasteiger partial charge in [-0.15, -0.1) is 0 Å². The molecule has 0 aromatic heterocycles. The van der Waals surface area contributed by atoms with Crippen LogP contribution in [-0.4, -0.2) is 21.5 Å². The predicted molar refractivity (Wildman–Crippen MR) is 104 cm³/mol. The highest BCUT2D eigenvalue weighted by Gasteiger charge is 2.19. The van der Waals surface area contributed by atoms with E-state index in [1.54, 1.807) is 12.1 Å². The summed E-state index contributed by atoms with van der Waals surface area (Å²) in [6.07, 6.45) is 4.56. The van der Waals surface area contributed by atoms with E-state index in [1.165, 1.54) is 37.1 Å². The van der Waals surface area contributed by atoms with Crippen LogP contribution < -0.4 is 9.62 Å². The number of nitrogens with one attached hydrogen (secondary N) is 1. The van der Waals surface area contributed by atoms with Crippen molar-refractivity contribution in [2.24, 2.45) is 0 Å². The number of hydrogen-bond donors (Lipinski definition) is 1. The molecule has 2 aromatic rings. The van der Waals surface area contributed by atoms with Gasteiger partial charge in [0.2, 0.25) is 0 Å². The zero-order chi connectivity index (χ0) is 18.6. The molecule has 0 unspecified atom stereocenters. The predicted octanol–water partition coefficient (Wildman–Crippen LogP) is 4.39. The Morgan fingerprint density at radius 2 is 1.65 bits per heavy atom. The van der Waals surface area contributed by atoms with Crippen molar-refractivity contribution in [1.29, 1.82) is 5.26 Å². The minimum Gasteiger partial charge on any atom is -0.370 e. The summed E-state index contributed by atoms with van der Waals surface area (Å²) >= 11 is 6.11. The maximum atomic E-state index is 12.8. The maximum Gasteiger partial charge on any atom is 0.261 e. The molecule has 1 heterocycles. The van der Waals surface area contributed by atoms with Gasteiger partial charge in [0.25, 0.3) is 10.0 Å². The van der Waals surface area contributed by atoms with E-state index in [0.717, 1.165) is 31.6 Å². The fraction of sp³-hybridized carbons (Fsp3) is 0.316. The normalized spacial score (nSPS) is 15.2. The average Bonchev–Trinajstić information content (AvgIpc) is 2.91. The van der Waals surface area contributed by atoms with Crippen molar-refractivity contribution in [3.05, 3.63) is 53.1 Å². The van der Waals surface area contributed by atoms with Gasteiger partial charge in [0.15, 0.2) is 0 Å². The second kappa shape index (κ2) is 7.98. The molecule has 136 valence electrons. The molecule has 1 N–H and O–H groups in total. The Hall–Kier alpha value is -2.23. The molecule has 0 spiro atoms. The molecule has 1 aliphatic heterocycles. The van der Waals surface area contributed by atoms with Crippen LogP contribution in [0.25, 0.3) is 0 Å². The molecule has 3 rings (SSSR count). The number of hydrogen-bond acceptors (Lipinski definition) is 4. The summed E-state index contributed by atoms with van der Waals surface area (Å²) in [4.78, 5) is 2.32. The first-order valence-electron chi connectivity index (χ1n) is 8.57. The minimum absolute atomic E-state index is 0.110. The third kappa shape index (κ3) is 4.29. The first-order valence-corrected chi connectivity index (χ1v) is 10.4. The Morgan fingerprint density at radius 1 is 1.00 bits per heavy atom. The zero-order valence-electron chi connectivity index (χ0n) is 14.3. The van der Waals surface area contributed by atoms with E-state index in [9.17, 15) is 8.42 Å². The SMILES string of the molecule is N#Cc1ccc(S(=O)(=O)Nc2cc(Cl)ccc2N2CCCCCC2)cc1. The van der Waals surface area contributed by atoms with Gasteiger partial charge in [0.05, 0.1) is 27.9 Å². The largest absolute Gasteiger partial charge is 0.370 e. The van der Waals surface area contributed by atoms with Crippen molar-refractivity contribution in [2.45, 2.75) is 30.6 Å². The number of anilines is 2. The first kappa shape index (κ1) is 18.6. The lowest BCUT2D eigenvalue weighted by Crippen LogP contribution is -2.25. The quantitative estimate of drug-likeness (QED) is 0.841. The van der Waals surface area contributed by atoms with Gasteiger partial charge in [-0.3, -0.25) is 4.72 Å². The van der Waals surface area contributed by atoms with Crippen molar-refractivity contribution in [3.63, 3.8) is 0 Å². The number of rotatable bonds is 4. The van der Waals surface area contributed by atoms with Gasteiger partial charge < -0.3 is 4.90 Å². The Labute approximate surface area is 159 Å². The standard InChI is InChI=1S/C19H20ClN3O2S/c20-16-7-10-19(23-11-3-1-2-4-12-23)18(13-16)22-26(24,25)17-8-5-15(14-21)6-9-17/h5-10,13,22H,1-4,11-12H2. The van der Waals surface area contributed by atoms with Crippen LogP contribution in [0.4, 0.5) is 11.4 Å². The molecular weight excluding hydrogens is 370 g/mol. The second-order valence-corrected chi connectivity index (χ2v) is 8.42.